The van der Waals surface area contributed by atoms with Gasteiger partial charge in [-0.15, -0.1) is 0 Å². The van der Waals surface area contributed by atoms with Crippen LogP contribution in [0.4, 0.5) is 20.2 Å². The van der Waals surface area contributed by atoms with Crippen LogP contribution < -0.4 is 29.4 Å². The van der Waals surface area contributed by atoms with Crippen molar-refractivity contribution in [2.45, 2.75) is 31.9 Å². The first kappa shape index (κ1) is 29.6. The third-order valence-electron chi connectivity index (χ3n) is 8.01. The summed E-state index contributed by atoms with van der Waals surface area (Å²) in [5.41, 5.74) is 8.26. The van der Waals surface area contributed by atoms with Crippen molar-refractivity contribution < 1.29 is 13.5 Å². The third kappa shape index (κ3) is 5.97. The molecule has 1 atom stereocenters. The molecule has 1 aromatic heterocycles. The van der Waals surface area contributed by atoms with Crippen LogP contribution in [0.25, 0.3) is 12.2 Å². The zero-order chi connectivity index (χ0) is 31.0. The topological polar surface area (TPSA) is 50.1 Å². The number of anilines is 2. The van der Waals surface area contributed by atoms with Gasteiger partial charge in [0.1, 0.15) is 5.75 Å². The van der Waals surface area contributed by atoms with Crippen molar-refractivity contribution in [3.8, 4) is 5.75 Å². The summed E-state index contributed by atoms with van der Waals surface area (Å²) < 4.78 is 32.1. The van der Waals surface area contributed by atoms with Crippen molar-refractivity contribution >= 4 is 34.9 Å². The molecule has 2 aliphatic rings. The van der Waals surface area contributed by atoms with E-state index in [9.17, 15) is 13.6 Å². The van der Waals surface area contributed by atoms with Gasteiger partial charge in [-0.2, -0.15) is 8.78 Å². The van der Waals surface area contributed by atoms with Crippen molar-refractivity contribution in [1.82, 2.24) is 4.57 Å². The molecule has 6 nitrogen and oxygen atoms in total. The average Bonchev–Trinajstić information content (AvgIpc) is 3.31. The van der Waals surface area contributed by atoms with E-state index in [0.29, 0.717) is 14.9 Å². The highest BCUT2D eigenvalue weighted by molar-refractivity contribution is 7.07. The molecule has 3 aromatic carbocycles. The number of rotatable bonds is 7. The molecule has 226 valence electrons. The Bertz CT molecular complexity index is 1900. The maximum Gasteiger partial charge on any atom is 0.387 e. The first-order chi connectivity index (χ1) is 21.2. The van der Waals surface area contributed by atoms with Crippen LogP contribution in [0, 0.1) is 0 Å². The lowest BCUT2D eigenvalue weighted by molar-refractivity contribution is -0.0498. The summed E-state index contributed by atoms with van der Waals surface area (Å²) in [6.07, 6.45) is 6.74. The Morgan fingerprint density at radius 3 is 2.07 bits per heavy atom. The fourth-order valence-electron chi connectivity index (χ4n) is 5.78. The molecule has 0 spiro atoms. The maximum atomic E-state index is 14.0. The van der Waals surface area contributed by atoms with Gasteiger partial charge in [0.2, 0.25) is 0 Å². The van der Waals surface area contributed by atoms with E-state index in [2.05, 4.69) is 69.1 Å². The van der Waals surface area contributed by atoms with Gasteiger partial charge in [-0.1, -0.05) is 47.7 Å². The summed E-state index contributed by atoms with van der Waals surface area (Å²) in [6, 6.07) is 22.9. The largest absolute Gasteiger partial charge is 0.435 e. The SMILES string of the molecule is CN(C)c1ccc(/C=C2/CCCC3=C2N=c2s/c(=C/c4ccc(OC(F)F)cc4)c(=O)n2C3c2ccc(N(C)C)cc2)cc1. The van der Waals surface area contributed by atoms with Gasteiger partial charge in [-0.3, -0.25) is 9.36 Å². The maximum absolute atomic E-state index is 14.0. The van der Waals surface area contributed by atoms with E-state index >= 15 is 0 Å². The van der Waals surface area contributed by atoms with E-state index in [-0.39, 0.29) is 17.4 Å². The van der Waals surface area contributed by atoms with Gasteiger partial charge < -0.3 is 14.5 Å². The van der Waals surface area contributed by atoms with Crippen LogP contribution in [0.15, 0.2) is 99.4 Å². The predicted octanol–water partition coefficient (Wildman–Crippen LogP) is 6.22. The Morgan fingerprint density at radius 1 is 0.864 bits per heavy atom. The normalized spacial score (nSPS) is 17.4. The summed E-state index contributed by atoms with van der Waals surface area (Å²) in [5.74, 6) is 0.0723. The fraction of sp³-hybridized carbons (Fsp3) is 0.257. The second-order valence-corrected chi connectivity index (χ2v) is 12.4. The molecular formula is C35H34F2N4O2S. The van der Waals surface area contributed by atoms with Crippen LogP contribution in [-0.2, 0) is 0 Å². The van der Waals surface area contributed by atoms with Gasteiger partial charge in [0.25, 0.3) is 5.56 Å². The van der Waals surface area contributed by atoms with Crippen LogP contribution in [-0.4, -0.2) is 39.4 Å². The number of nitrogens with zero attached hydrogens (tertiary/aromatic N) is 4. The summed E-state index contributed by atoms with van der Waals surface area (Å²) in [7, 11) is 8.07. The molecule has 0 saturated carbocycles. The van der Waals surface area contributed by atoms with Gasteiger partial charge in [0, 0.05) is 39.6 Å². The van der Waals surface area contributed by atoms with E-state index in [4.69, 9.17) is 4.99 Å². The molecule has 1 unspecified atom stereocenters. The quantitative estimate of drug-likeness (QED) is 0.249. The Balaban J connectivity index is 1.49. The molecule has 6 rings (SSSR count). The highest BCUT2D eigenvalue weighted by atomic mass is 32.1. The van der Waals surface area contributed by atoms with E-state index in [1.165, 1.54) is 29.0 Å². The van der Waals surface area contributed by atoms with E-state index in [1.54, 1.807) is 18.2 Å². The number of alkyl halides is 2. The zero-order valence-electron chi connectivity index (χ0n) is 25.1. The second-order valence-electron chi connectivity index (χ2n) is 11.4. The number of benzene rings is 3. The highest BCUT2D eigenvalue weighted by Gasteiger charge is 2.32. The number of aromatic nitrogens is 1. The molecule has 4 aromatic rings. The number of hydrogen-bond acceptors (Lipinski definition) is 6. The van der Waals surface area contributed by atoms with Crippen LogP contribution in [0.1, 0.15) is 42.0 Å². The highest BCUT2D eigenvalue weighted by Crippen LogP contribution is 2.41. The van der Waals surface area contributed by atoms with Crippen molar-refractivity contribution in [1.29, 1.82) is 0 Å². The van der Waals surface area contributed by atoms with Gasteiger partial charge in [0.15, 0.2) is 4.80 Å². The Kier molecular flexibility index (Phi) is 8.23. The summed E-state index contributed by atoms with van der Waals surface area (Å²) in [4.78, 5) is 24.0. The van der Waals surface area contributed by atoms with E-state index in [0.717, 1.165) is 53.0 Å². The standard InChI is InChI=1S/C35H34F2N4O2S/c1-39(2)26-14-8-22(9-15-26)20-25-6-5-7-29-31(25)38-35-41(32(29)24-12-16-27(17-13-24)40(3)4)33(42)30(44-35)21-23-10-18-28(19-11-23)43-34(36)37/h8-21,32,34H,5-7H2,1-4H3/b25-20-,30-21+. The van der Waals surface area contributed by atoms with Gasteiger partial charge >= 0.3 is 6.61 Å². The number of thiazole rings is 1. The molecule has 2 heterocycles. The third-order valence-corrected chi connectivity index (χ3v) is 8.99. The average molecular weight is 613 g/mol. The fourth-order valence-corrected chi connectivity index (χ4v) is 6.78. The van der Waals surface area contributed by atoms with Crippen LogP contribution >= 0.6 is 11.3 Å². The number of hydrogen-bond donors (Lipinski definition) is 0. The molecular weight excluding hydrogens is 578 g/mol. The lowest BCUT2D eigenvalue weighted by Gasteiger charge is -2.31. The minimum Gasteiger partial charge on any atom is -0.435 e. The summed E-state index contributed by atoms with van der Waals surface area (Å²) in [6.45, 7) is -2.89. The van der Waals surface area contributed by atoms with E-state index < -0.39 is 6.61 Å². The Labute approximate surface area is 259 Å². The summed E-state index contributed by atoms with van der Waals surface area (Å²) in [5, 5.41) is 0. The molecule has 0 amide bonds. The van der Waals surface area contributed by atoms with Crippen LogP contribution in [0.3, 0.4) is 0 Å². The van der Waals surface area contributed by atoms with Gasteiger partial charge in [-0.25, -0.2) is 4.99 Å². The second kappa shape index (κ2) is 12.2. The van der Waals surface area contributed by atoms with Crippen molar-refractivity contribution in [3.63, 3.8) is 0 Å². The molecule has 44 heavy (non-hydrogen) atoms. The minimum absolute atomic E-state index is 0.0723. The Morgan fingerprint density at radius 2 is 1.45 bits per heavy atom. The molecule has 0 radical (unpaired) electrons. The first-order valence-electron chi connectivity index (χ1n) is 14.5. The Hall–Kier alpha value is -4.50. The molecule has 0 fully saturated rings. The molecule has 0 N–H and O–H groups in total. The molecule has 0 saturated heterocycles. The molecule has 0 bridgehead atoms. The van der Waals surface area contributed by atoms with Crippen molar-refractivity contribution in [2.24, 2.45) is 4.99 Å². The molecule has 1 aliphatic carbocycles. The number of fused-ring (bicyclic) bond motifs is 1. The van der Waals surface area contributed by atoms with Crippen LogP contribution in [0.5, 0.6) is 5.75 Å². The van der Waals surface area contributed by atoms with Crippen LogP contribution in [0.2, 0.25) is 0 Å². The first-order valence-corrected chi connectivity index (χ1v) is 15.3. The predicted molar refractivity (Wildman–Crippen MR) is 175 cm³/mol. The van der Waals surface area contributed by atoms with Crippen molar-refractivity contribution in [2.75, 3.05) is 38.0 Å². The lowest BCUT2D eigenvalue weighted by atomic mass is 9.83. The van der Waals surface area contributed by atoms with Gasteiger partial charge in [-0.05, 0) is 95.6 Å². The minimum atomic E-state index is -2.89. The zero-order valence-corrected chi connectivity index (χ0v) is 25.9. The monoisotopic (exact) mass is 612 g/mol. The van der Waals surface area contributed by atoms with Crippen molar-refractivity contribution in [3.05, 3.63) is 126 Å². The van der Waals surface area contributed by atoms with Gasteiger partial charge in [0.05, 0.1) is 16.3 Å². The number of allylic oxidation sites excluding steroid dienone is 2. The number of halogens is 2. The lowest BCUT2D eigenvalue weighted by Crippen LogP contribution is -2.39. The van der Waals surface area contributed by atoms with E-state index in [1.807, 2.05) is 32.8 Å². The summed E-state index contributed by atoms with van der Waals surface area (Å²) >= 11 is 1.35. The molecule has 1 aliphatic heterocycles. The molecule has 9 heteroatoms. The number of ether oxygens (including phenoxy) is 1. The smallest absolute Gasteiger partial charge is 0.387 e.